The van der Waals surface area contributed by atoms with Gasteiger partial charge < -0.3 is 15.2 Å². The molecule has 2 rings (SSSR count). The molecule has 0 radical (unpaired) electrons. The molecule has 0 amide bonds. The van der Waals surface area contributed by atoms with Crippen molar-refractivity contribution < 1.29 is 9.47 Å². The Morgan fingerprint density at radius 3 is 3.00 bits per heavy atom. The van der Waals surface area contributed by atoms with Gasteiger partial charge in [-0.25, -0.2) is 0 Å². The third-order valence-corrected chi connectivity index (χ3v) is 3.41. The van der Waals surface area contributed by atoms with Gasteiger partial charge in [0, 0.05) is 38.2 Å². The molecule has 1 aliphatic rings. The van der Waals surface area contributed by atoms with Crippen molar-refractivity contribution in [2.24, 2.45) is 5.73 Å². The van der Waals surface area contributed by atoms with Gasteiger partial charge in [0.1, 0.15) is 11.4 Å². The molecular formula is C14H21NO2. The van der Waals surface area contributed by atoms with E-state index in [0.717, 1.165) is 24.2 Å². The summed E-state index contributed by atoms with van der Waals surface area (Å²) in [4.78, 5) is 0. The smallest absolute Gasteiger partial charge is 0.124 e. The normalized spacial score (nSPS) is 27.4. The van der Waals surface area contributed by atoms with E-state index in [9.17, 15) is 0 Å². The van der Waals surface area contributed by atoms with Crippen LogP contribution in [-0.2, 0) is 4.74 Å². The van der Waals surface area contributed by atoms with Gasteiger partial charge in [0.05, 0.1) is 0 Å². The number of methoxy groups -OCH3 is 1. The molecule has 1 aliphatic heterocycles. The average molecular weight is 235 g/mol. The van der Waals surface area contributed by atoms with Gasteiger partial charge in [0.25, 0.3) is 0 Å². The highest BCUT2D eigenvalue weighted by atomic mass is 16.5. The Kier molecular flexibility index (Phi) is 3.40. The first kappa shape index (κ1) is 12.4. The van der Waals surface area contributed by atoms with Crippen molar-refractivity contribution in [3.05, 3.63) is 29.3 Å². The molecule has 2 N–H and O–H groups in total. The number of aryl methyl sites for hydroxylation is 1. The maximum absolute atomic E-state index is 6.24. The molecule has 0 saturated heterocycles. The van der Waals surface area contributed by atoms with Gasteiger partial charge in [-0.15, -0.1) is 0 Å². The monoisotopic (exact) mass is 235 g/mol. The van der Waals surface area contributed by atoms with Gasteiger partial charge in [0.2, 0.25) is 0 Å². The number of benzene rings is 1. The zero-order valence-corrected chi connectivity index (χ0v) is 10.8. The van der Waals surface area contributed by atoms with Crippen molar-refractivity contribution in [3.63, 3.8) is 0 Å². The van der Waals surface area contributed by atoms with Gasteiger partial charge in [-0.3, -0.25) is 0 Å². The highest BCUT2D eigenvalue weighted by molar-refractivity contribution is 5.41. The summed E-state index contributed by atoms with van der Waals surface area (Å²) >= 11 is 0. The molecule has 0 spiro atoms. The molecule has 94 valence electrons. The van der Waals surface area contributed by atoms with Crippen LogP contribution >= 0.6 is 0 Å². The summed E-state index contributed by atoms with van der Waals surface area (Å²) in [5.74, 6) is 0.924. The lowest BCUT2D eigenvalue weighted by Gasteiger charge is -2.39. The van der Waals surface area contributed by atoms with Gasteiger partial charge in [-0.05, 0) is 19.9 Å². The van der Waals surface area contributed by atoms with Crippen LogP contribution in [0.15, 0.2) is 18.2 Å². The van der Waals surface area contributed by atoms with Crippen molar-refractivity contribution >= 4 is 0 Å². The molecule has 0 fully saturated rings. The molecule has 1 heterocycles. The lowest BCUT2D eigenvalue weighted by atomic mass is 9.86. The zero-order chi connectivity index (χ0) is 12.5. The third-order valence-electron chi connectivity index (χ3n) is 3.41. The molecule has 1 unspecified atom stereocenters. The Balaban J connectivity index is 2.23. The average Bonchev–Trinajstić information content (AvgIpc) is 2.28. The first-order valence-corrected chi connectivity index (χ1v) is 6.08. The second-order valence-corrected chi connectivity index (χ2v) is 5.15. The summed E-state index contributed by atoms with van der Waals surface area (Å²) in [6.45, 7) is 4.88. The Morgan fingerprint density at radius 1 is 1.53 bits per heavy atom. The number of ether oxygens (including phenoxy) is 2. The molecule has 3 heteroatoms. The predicted molar refractivity (Wildman–Crippen MR) is 68.3 cm³/mol. The van der Waals surface area contributed by atoms with Crippen LogP contribution in [0.5, 0.6) is 5.75 Å². The number of rotatable bonds is 3. The van der Waals surface area contributed by atoms with Crippen molar-refractivity contribution in [1.29, 1.82) is 0 Å². The van der Waals surface area contributed by atoms with E-state index in [4.69, 9.17) is 15.2 Å². The van der Waals surface area contributed by atoms with E-state index in [1.165, 1.54) is 5.56 Å². The summed E-state index contributed by atoms with van der Waals surface area (Å²) in [5, 5.41) is 0. The predicted octanol–water partition coefficient (Wildman–Crippen LogP) is 2.57. The molecule has 17 heavy (non-hydrogen) atoms. The van der Waals surface area contributed by atoms with E-state index >= 15 is 0 Å². The SMILES string of the molecule is COCCC1(C)C[C@@H](N)c2cc(C)ccc2O1. The standard InChI is InChI=1S/C14H21NO2/c1-10-4-5-13-11(8-10)12(15)9-14(2,17-13)6-7-16-3/h4-5,8,12H,6-7,9,15H2,1-3H3/t12-,14?/m1/s1. The van der Waals surface area contributed by atoms with Crippen LogP contribution < -0.4 is 10.5 Å². The molecule has 1 aromatic rings. The first-order valence-electron chi connectivity index (χ1n) is 6.08. The molecule has 0 aliphatic carbocycles. The molecule has 0 saturated carbocycles. The quantitative estimate of drug-likeness (QED) is 0.875. The van der Waals surface area contributed by atoms with Crippen LogP contribution in [0.4, 0.5) is 0 Å². The number of nitrogens with two attached hydrogens (primary N) is 1. The fourth-order valence-electron chi connectivity index (χ4n) is 2.40. The molecular weight excluding hydrogens is 214 g/mol. The molecule has 0 aromatic heterocycles. The Morgan fingerprint density at radius 2 is 2.29 bits per heavy atom. The minimum absolute atomic E-state index is 0.0560. The summed E-state index contributed by atoms with van der Waals surface area (Å²) in [7, 11) is 1.71. The minimum atomic E-state index is -0.211. The van der Waals surface area contributed by atoms with E-state index in [1.807, 2.05) is 6.07 Å². The topological polar surface area (TPSA) is 44.5 Å². The molecule has 2 atom stereocenters. The van der Waals surface area contributed by atoms with E-state index in [1.54, 1.807) is 7.11 Å². The maximum atomic E-state index is 6.24. The molecule has 0 bridgehead atoms. The van der Waals surface area contributed by atoms with Gasteiger partial charge in [-0.1, -0.05) is 17.7 Å². The maximum Gasteiger partial charge on any atom is 0.124 e. The van der Waals surface area contributed by atoms with Gasteiger partial charge in [-0.2, -0.15) is 0 Å². The van der Waals surface area contributed by atoms with Gasteiger partial charge in [0.15, 0.2) is 0 Å². The fourth-order valence-corrected chi connectivity index (χ4v) is 2.40. The van der Waals surface area contributed by atoms with E-state index in [-0.39, 0.29) is 11.6 Å². The highest BCUT2D eigenvalue weighted by Gasteiger charge is 2.35. The first-order chi connectivity index (χ1) is 8.04. The lowest BCUT2D eigenvalue weighted by Crippen LogP contribution is -2.41. The van der Waals surface area contributed by atoms with E-state index in [0.29, 0.717) is 6.61 Å². The zero-order valence-electron chi connectivity index (χ0n) is 10.8. The summed E-state index contributed by atoms with van der Waals surface area (Å²) in [5.41, 5.74) is 8.38. The van der Waals surface area contributed by atoms with Crippen molar-refractivity contribution in [3.8, 4) is 5.75 Å². The number of hydrogen-bond donors (Lipinski definition) is 1. The Hall–Kier alpha value is -1.06. The van der Waals surface area contributed by atoms with E-state index < -0.39 is 0 Å². The van der Waals surface area contributed by atoms with Crippen LogP contribution in [0.25, 0.3) is 0 Å². The van der Waals surface area contributed by atoms with Crippen molar-refractivity contribution in [2.75, 3.05) is 13.7 Å². The number of fused-ring (bicyclic) bond motifs is 1. The summed E-state index contributed by atoms with van der Waals surface area (Å²) < 4.78 is 11.2. The molecule has 1 aromatic carbocycles. The van der Waals surface area contributed by atoms with Crippen LogP contribution in [0.1, 0.15) is 36.9 Å². The summed E-state index contributed by atoms with van der Waals surface area (Å²) in [6, 6.07) is 6.26. The Labute approximate surface area is 103 Å². The van der Waals surface area contributed by atoms with Crippen LogP contribution in [0.2, 0.25) is 0 Å². The number of hydrogen-bond acceptors (Lipinski definition) is 3. The van der Waals surface area contributed by atoms with Crippen molar-refractivity contribution in [2.45, 2.75) is 38.3 Å². The summed E-state index contributed by atoms with van der Waals surface area (Å²) in [6.07, 6.45) is 1.71. The minimum Gasteiger partial charge on any atom is -0.487 e. The van der Waals surface area contributed by atoms with Gasteiger partial charge >= 0.3 is 0 Å². The fraction of sp³-hybridized carbons (Fsp3) is 0.571. The lowest BCUT2D eigenvalue weighted by molar-refractivity contribution is 0.0215. The highest BCUT2D eigenvalue weighted by Crippen LogP contribution is 2.40. The van der Waals surface area contributed by atoms with Crippen LogP contribution in [0.3, 0.4) is 0 Å². The molecule has 3 nitrogen and oxygen atoms in total. The van der Waals surface area contributed by atoms with Crippen LogP contribution in [-0.4, -0.2) is 19.3 Å². The van der Waals surface area contributed by atoms with E-state index in [2.05, 4.69) is 26.0 Å². The second kappa shape index (κ2) is 4.67. The van der Waals surface area contributed by atoms with Crippen molar-refractivity contribution in [1.82, 2.24) is 0 Å². The van der Waals surface area contributed by atoms with Crippen LogP contribution in [0, 0.1) is 6.92 Å². The largest absolute Gasteiger partial charge is 0.487 e. The second-order valence-electron chi connectivity index (χ2n) is 5.15. The Bertz CT molecular complexity index is 405. The third kappa shape index (κ3) is 2.61.